The van der Waals surface area contributed by atoms with Gasteiger partial charge in [0.25, 0.3) is 10.0 Å². The van der Waals surface area contributed by atoms with E-state index in [2.05, 4.69) is 16.6 Å². The summed E-state index contributed by atoms with van der Waals surface area (Å²) in [6.07, 6.45) is 2.46. The number of nitrogens with zero attached hydrogens (tertiary/aromatic N) is 2. The summed E-state index contributed by atoms with van der Waals surface area (Å²) in [5.41, 5.74) is 3.68. The number of carbonyl (C=O) groups excluding carboxylic acids is 1. The Morgan fingerprint density at radius 3 is 2.45 bits per heavy atom. The number of guanidine groups is 1. The number of unbranched alkanes of at least 4 members (excludes halogenated alkanes) is 1. The molecule has 0 atom stereocenters. The second kappa shape index (κ2) is 12.2. The van der Waals surface area contributed by atoms with Crippen molar-refractivity contribution in [3.63, 3.8) is 0 Å². The molecule has 2 aromatic carbocycles. The molecule has 0 amide bonds. The summed E-state index contributed by atoms with van der Waals surface area (Å²) in [6.45, 7) is 12.7. The lowest BCUT2D eigenvalue weighted by Gasteiger charge is -2.27. The topological polar surface area (TPSA) is 97.3 Å². The van der Waals surface area contributed by atoms with Crippen LogP contribution in [0.4, 0.5) is 0 Å². The summed E-state index contributed by atoms with van der Waals surface area (Å²) in [4.78, 5) is 18.7. The number of sulfonamides is 1. The summed E-state index contributed by atoms with van der Waals surface area (Å²) < 4.78 is 41.9. The molecule has 2 aromatic rings. The lowest BCUT2D eigenvalue weighted by Crippen LogP contribution is -2.45. The number of hydrogen-bond donors (Lipinski definition) is 1. The van der Waals surface area contributed by atoms with Crippen LogP contribution in [0.5, 0.6) is 5.75 Å². The molecule has 8 nitrogen and oxygen atoms in total. The van der Waals surface area contributed by atoms with Crippen molar-refractivity contribution in [1.29, 1.82) is 0 Å². The Morgan fingerprint density at radius 1 is 1.13 bits per heavy atom. The Balaban J connectivity index is 2.04. The van der Waals surface area contributed by atoms with Crippen molar-refractivity contribution in [2.75, 3.05) is 20.2 Å². The van der Waals surface area contributed by atoms with Crippen molar-refractivity contribution in [2.24, 2.45) is 4.99 Å². The van der Waals surface area contributed by atoms with E-state index in [1.54, 1.807) is 4.90 Å². The van der Waals surface area contributed by atoms with E-state index in [1.807, 2.05) is 65.0 Å². The van der Waals surface area contributed by atoms with Gasteiger partial charge >= 0.3 is 5.97 Å². The number of nitrogens with one attached hydrogen (secondary N) is 1. The Kier molecular flexibility index (Phi) is 9.46. The highest BCUT2D eigenvalue weighted by molar-refractivity contribution is 7.90. The van der Waals surface area contributed by atoms with Crippen molar-refractivity contribution < 1.29 is 22.7 Å². The quantitative estimate of drug-likeness (QED) is 0.200. The zero-order valence-corrected chi connectivity index (χ0v) is 24.5. The molecule has 38 heavy (non-hydrogen) atoms. The summed E-state index contributed by atoms with van der Waals surface area (Å²) >= 11 is 0. The van der Waals surface area contributed by atoms with E-state index < -0.39 is 15.6 Å². The van der Waals surface area contributed by atoms with Gasteiger partial charge in [0.2, 0.25) is 5.96 Å². The van der Waals surface area contributed by atoms with Crippen molar-refractivity contribution in [3.05, 3.63) is 58.1 Å². The number of hydrogen-bond acceptors (Lipinski definition) is 6. The van der Waals surface area contributed by atoms with Crippen molar-refractivity contribution in [2.45, 2.75) is 84.3 Å². The van der Waals surface area contributed by atoms with Gasteiger partial charge in [-0.25, -0.2) is 13.1 Å². The molecule has 1 heterocycles. The zero-order chi connectivity index (χ0) is 28.1. The third-order valence-electron chi connectivity index (χ3n) is 6.89. The van der Waals surface area contributed by atoms with Gasteiger partial charge in [-0.2, -0.15) is 0 Å². The minimum Gasteiger partial charge on any atom is -0.487 e. The van der Waals surface area contributed by atoms with E-state index in [-0.39, 0.29) is 29.8 Å². The van der Waals surface area contributed by atoms with E-state index >= 15 is 0 Å². The minimum atomic E-state index is -4.01. The Labute approximate surface area is 227 Å². The fourth-order valence-corrected chi connectivity index (χ4v) is 6.37. The molecule has 3 rings (SSSR count). The average molecular weight is 544 g/mol. The molecule has 1 aliphatic rings. The van der Waals surface area contributed by atoms with Gasteiger partial charge in [0.1, 0.15) is 11.4 Å². The molecule has 0 radical (unpaired) electrons. The van der Waals surface area contributed by atoms with E-state index in [4.69, 9.17) is 9.47 Å². The summed E-state index contributed by atoms with van der Waals surface area (Å²) in [6, 6.07) is 9.70. The number of rotatable bonds is 10. The highest BCUT2D eigenvalue weighted by Crippen LogP contribution is 2.43. The van der Waals surface area contributed by atoms with Gasteiger partial charge in [0.05, 0.1) is 18.4 Å². The molecule has 9 heteroatoms. The smallest absolute Gasteiger partial charge is 0.307 e. The maximum atomic E-state index is 14.0. The predicted molar refractivity (Wildman–Crippen MR) is 150 cm³/mol. The van der Waals surface area contributed by atoms with Gasteiger partial charge in [0, 0.05) is 31.6 Å². The molecule has 0 unspecified atom stereocenters. The fraction of sp³-hybridized carbons (Fsp3) is 0.517. The third kappa shape index (κ3) is 6.87. The molecule has 0 aliphatic carbocycles. The van der Waals surface area contributed by atoms with Crippen molar-refractivity contribution in [1.82, 2.24) is 9.62 Å². The zero-order valence-electron chi connectivity index (χ0n) is 23.7. The summed E-state index contributed by atoms with van der Waals surface area (Å²) in [5.74, 6) is 0.631. The lowest BCUT2D eigenvalue weighted by molar-refractivity contribution is -0.140. The first-order valence-corrected chi connectivity index (χ1v) is 14.6. The standard InChI is InChI=1S/C29H41N3O5S/c1-8-9-16-30-28(32(17-15-25(33)36-7)19-23-13-11-10-12-14-23)31-38(34,35)27-21(3)20(2)26-24(22(27)4)18-29(5,6)37-26/h10-14H,8-9,15-19H2,1-7H3,(H,30,31). The molecular formula is C29H41N3O5S. The third-order valence-corrected chi connectivity index (χ3v) is 8.49. The van der Waals surface area contributed by atoms with E-state index in [9.17, 15) is 13.2 Å². The van der Waals surface area contributed by atoms with Crippen LogP contribution in [0.2, 0.25) is 0 Å². The normalized spacial score (nSPS) is 14.6. The van der Waals surface area contributed by atoms with Gasteiger partial charge in [-0.15, -0.1) is 0 Å². The van der Waals surface area contributed by atoms with E-state index in [0.717, 1.165) is 35.3 Å². The molecule has 0 saturated heterocycles. The molecule has 0 aromatic heterocycles. The van der Waals surface area contributed by atoms with Crippen LogP contribution < -0.4 is 9.46 Å². The number of ether oxygens (including phenoxy) is 2. The first-order chi connectivity index (χ1) is 17.9. The van der Waals surface area contributed by atoms with Gasteiger partial charge in [-0.3, -0.25) is 9.79 Å². The average Bonchev–Trinajstić information content (AvgIpc) is 3.20. The highest BCUT2D eigenvalue weighted by atomic mass is 32.2. The van der Waals surface area contributed by atoms with Crippen LogP contribution in [0, 0.1) is 20.8 Å². The van der Waals surface area contributed by atoms with Crippen LogP contribution in [0.3, 0.4) is 0 Å². The summed E-state index contributed by atoms with van der Waals surface area (Å²) in [5, 5.41) is 0. The molecule has 0 fully saturated rings. The van der Waals surface area contributed by atoms with Gasteiger partial charge in [-0.1, -0.05) is 43.7 Å². The van der Waals surface area contributed by atoms with Crippen LogP contribution in [0.1, 0.15) is 67.9 Å². The van der Waals surface area contributed by atoms with Gasteiger partial charge in [-0.05, 0) is 63.3 Å². The van der Waals surface area contributed by atoms with Crippen LogP contribution >= 0.6 is 0 Å². The molecule has 0 saturated carbocycles. The minimum absolute atomic E-state index is 0.0975. The lowest BCUT2D eigenvalue weighted by atomic mass is 9.94. The Bertz CT molecular complexity index is 1290. The van der Waals surface area contributed by atoms with Crippen LogP contribution in [-0.2, 0) is 32.5 Å². The number of fused-ring (bicyclic) bond motifs is 1. The van der Waals surface area contributed by atoms with Crippen LogP contribution in [0.15, 0.2) is 40.2 Å². The highest BCUT2D eigenvalue weighted by Gasteiger charge is 2.37. The Hall–Kier alpha value is -3.07. The largest absolute Gasteiger partial charge is 0.487 e. The number of benzene rings is 2. The maximum Gasteiger partial charge on any atom is 0.307 e. The molecular weight excluding hydrogens is 502 g/mol. The molecule has 0 spiro atoms. The van der Waals surface area contributed by atoms with Crippen molar-refractivity contribution in [3.8, 4) is 5.75 Å². The molecule has 208 valence electrons. The van der Waals surface area contributed by atoms with Gasteiger partial charge < -0.3 is 14.4 Å². The number of aliphatic imine (C=N–C) groups is 1. The molecule has 1 N–H and O–H groups in total. The first-order valence-electron chi connectivity index (χ1n) is 13.1. The van der Waals surface area contributed by atoms with E-state index in [1.165, 1.54) is 7.11 Å². The monoisotopic (exact) mass is 543 g/mol. The second-order valence-corrected chi connectivity index (χ2v) is 12.1. The predicted octanol–water partition coefficient (Wildman–Crippen LogP) is 4.83. The fourth-order valence-electron chi connectivity index (χ4n) is 4.75. The first kappa shape index (κ1) is 29.5. The number of carbonyl (C=O) groups is 1. The van der Waals surface area contributed by atoms with Crippen LogP contribution in [0.25, 0.3) is 0 Å². The van der Waals surface area contributed by atoms with E-state index in [0.29, 0.717) is 30.6 Å². The number of methoxy groups -OCH3 is 1. The molecule has 1 aliphatic heterocycles. The Morgan fingerprint density at radius 2 is 1.82 bits per heavy atom. The van der Waals surface area contributed by atoms with Gasteiger partial charge in [0.15, 0.2) is 0 Å². The second-order valence-electron chi connectivity index (χ2n) is 10.4. The van der Waals surface area contributed by atoms with Crippen LogP contribution in [-0.4, -0.2) is 51.0 Å². The van der Waals surface area contributed by atoms with Crippen molar-refractivity contribution >= 4 is 22.0 Å². The maximum absolute atomic E-state index is 14.0. The summed E-state index contributed by atoms with van der Waals surface area (Å²) in [7, 11) is -2.67. The SMILES string of the molecule is CCCCN=C(NS(=O)(=O)c1c(C)c(C)c2c(c1C)CC(C)(C)O2)N(CCC(=O)OC)Cc1ccccc1. The molecule has 0 bridgehead atoms. The number of esters is 1.